The molecule has 0 fully saturated rings. The zero-order valence-corrected chi connectivity index (χ0v) is 12.0. The van der Waals surface area contributed by atoms with Crippen molar-refractivity contribution in [3.8, 4) is 11.1 Å². The van der Waals surface area contributed by atoms with Gasteiger partial charge < -0.3 is 5.73 Å². The summed E-state index contributed by atoms with van der Waals surface area (Å²) in [6, 6.07) is 12.4. The van der Waals surface area contributed by atoms with E-state index in [1.807, 2.05) is 31.2 Å². The van der Waals surface area contributed by atoms with Crippen molar-refractivity contribution in [2.45, 2.75) is 18.2 Å². The van der Waals surface area contributed by atoms with Crippen LogP contribution in [0.4, 0.5) is 0 Å². The first-order chi connectivity index (χ1) is 9.41. The van der Waals surface area contributed by atoms with E-state index >= 15 is 0 Å². The van der Waals surface area contributed by atoms with Crippen molar-refractivity contribution in [3.63, 3.8) is 0 Å². The number of rotatable bonds is 4. The van der Waals surface area contributed by atoms with E-state index in [-0.39, 0.29) is 4.90 Å². The zero-order chi connectivity index (χ0) is 14.8. The molecule has 2 aromatic rings. The van der Waals surface area contributed by atoms with Gasteiger partial charge in [0.1, 0.15) is 0 Å². The van der Waals surface area contributed by atoms with Gasteiger partial charge in [0.25, 0.3) is 10.1 Å². The van der Waals surface area contributed by atoms with Crippen LogP contribution in [0.1, 0.15) is 11.1 Å². The van der Waals surface area contributed by atoms with Gasteiger partial charge in [-0.05, 0) is 54.3 Å². The standard InChI is InChI=1S/C15H17NO3S/c1-11-5-6-14(20(17,18)19)10-15(11)13-4-2-3-12(9-13)7-8-16/h2-6,9-10H,7-8,16H2,1H3,(H,17,18,19). The maximum atomic E-state index is 11.2. The lowest BCUT2D eigenvalue weighted by Gasteiger charge is -2.09. The molecule has 20 heavy (non-hydrogen) atoms. The van der Waals surface area contributed by atoms with Crippen molar-refractivity contribution in [1.29, 1.82) is 0 Å². The van der Waals surface area contributed by atoms with Crippen LogP contribution in [-0.2, 0) is 16.5 Å². The predicted molar refractivity (Wildman–Crippen MR) is 79.2 cm³/mol. The van der Waals surface area contributed by atoms with Crippen LogP contribution in [0, 0.1) is 6.92 Å². The molecule has 2 aromatic carbocycles. The van der Waals surface area contributed by atoms with Crippen molar-refractivity contribution in [2.24, 2.45) is 5.73 Å². The Hall–Kier alpha value is -1.69. The second-order valence-electron chi connectivity index (χ2n) is 4.69. The minimum Gasteiger partial charge on any atom is -0.330 e. The molecule has 106 valence electrons. The molecule has 5 heteroatoms. The molecule has 0 saturated heterocycles. The van der Waals surface area contributed by atoms with Crippen LogP contribution in [0.5, 0.6) is 0 Å². The SMILES string of the molecule is Cc1ccc(S(=O)(=O)O)cc1-c1cccc(CCN)c1. The van der Waals surface area contributed by atoms with Gasteiger partial charge >= 0.3 is 0 Å². The molecule has 0 unspecified atom stereocenters. The number of hydrogen-bond acceptors (Lipinski definition) is 3. The Kier molecular flexibility index (Phi) is 4.23. The Morgan fingerprint density at radius 3 is 2.55 bits per heavy atom. The van der Waals surface area contributed by atoms with Gasteiger partial charge in [0.15, 0.2) is 0 Å². The molecule has 0 radical (unpaired) electrons. The van der Waals surface area contributed by atoms with Crippen LogP contribution in [0.15, 0.2) is 47.4 Å². The summed E-state index contributed by atoms with van der Waals surface area (Å²) in [7, 11) is -4.19. The maximum Gasteiger partial charge on any atom is 0.294 e. The van der Waals surface area contributed by atoms with Crippen molar-refractivity contribution < 1.29 is 13.0 Å². The Labute approximate surface area is 119 Å². The molecular formula is C15H17NO3S. The summed E-state index contributed by atoms with van der Waals surface area (Å²) in [6.07, 6.45) is 0.769. The molecule has 0 aliphatic heterocycles. The van der Waals surface area contributed by atoms with Crippen molar-refractivity contribution >= 4 is 10.1 Å². The molecule has 0 aliphatic carbocycles. The third-order valence-electron chi connectivity index (χ3n) is 3.18. The molecule has 4 nitrogen and oxygen atoms in total. The largest absolute Gasteiger partial charge is 0.330 e. The minimum absolute atomic E-state index is 0.0951. The highest BCUT2D eigenvalue weighted by molar-refractivity contribution is 7.85. The predicted octanol–water partition coefficient (Wildman–Crippen LogP) is 2.41. The average Bonchev–Trinajstić information content (AvgIpc) is 2.38. The van der Waals surface area contributed by atoms with Crippen LogP contribution in [0.3, 0.4) is 0 Å². The highest BCUT2D eigenvalue weighted by atomic mass is 32.2. The van der Waals surface area contributed by atoms with Crippen LogP contribution < -0.4 is 5.73 Å². The first kappa shape index (κ1) is 14.7. The summed E-state index contributed by atoms with van der Waals surface area (Å²) in [5, 5.41) is 0. The molecule has 0 bridgehead atoms. The lowest BCUT2D eigenvalue weighted by molar-refractivity contribution is 0.483. The number of aryl methyl sites for hydroxylation is 1. The Morgan fingerprint density at radius 1 is 1.15 bits per heavy atom. The fraction of sp³-hybridized carbons (Fsp3) is 0.200. The number of hydrogen-bond donors (Lipinski definition) is 2. The van der Waals surface area contributed by atoms with Gasteiger partial charge in [-0.2, -0.15) is 8.42 Å². The normalized spacial score (nSPS) is 11.6. The van der Waals surface area contributed by atoms with E-state index in [2.05, 4.69) is 0 Å². The van der Waals surface area contributed by atoms with Gasteiger partial charge in [-0.1, -0.05) is 30.3 Å². The van der Waals surface area contributed by atoms with Gasteiger partial charge in [0.05, 0.1) is 4.90 Å². The van der Waals surface area contributed by atoms with Gasteiger partial charge in [-0.3, -0.25) is 4.55 Å². The quantitative estimate of drug-likeness (QED) is 0.848. The summed E-state index contributed by atoms with van der Waals surface area (Å²) < 4.78 is 31.6. The highest BCUT2D eigenvalue weighted by Gasteiger charge is 2.12. The molecule has 2 rings (SSSR count). The average molecular weight is 291 g/mol. The van der Waals surface area contributed by atoms with E-state index < -0.39 is 10.1 Å². The smallest absolute Gasteiger partial charge is 0.294 e. The third kappa shape index (κ3) is 3.25. The monoisotopic (exact) mass is 291 g/mol. The fourth-order valence-electron chi connectivity index (χ4n) is 2.13. The van der Waals surface area contributed by atoms with Gasteiger partial charge in [0, 0.05) is 0 Å². The minimum atomic E-state index is -4.19. The van der Waals surface area contributed by atoms with Crippen LogP contribution >= 0.6 is 0 Å². The maximum absolute atomic E-state index is 11.2. The molecule has 0 aromatic heterocycles. The molecule has 3 N–H and O–H groups in total. The lowest BCUT2D eigenvalue weighted by Crippen LogP contribution is -2.02. The van der Waals surface area contributed by atoms with Crippen molar-refractivity contribution in [1.82, 2.24) is 0 Å². The van der Waals surface area contributed by atoms with E-state index in [9.17, 15) is 8.42 Å². The van der Waals surface area contributed by atoms with Crippen LogP contribution in [0.25, 0.3) is 11.1 Å². The van der Waals surface area contributed by atoms with Gasteiger partial charge in [0.2, 0.25) is 0 Å². The topological polar surface area (TPSA) is 80.4 Å². The van der Waals surface area contributed by atoms with Gasteiger partial charge in [-0.25, -0.2) is 0 Å². The first-order valence-electron chi connectivity index (χ1n) is 6.29. The second-order valence-corrected chi connectivity index (χ2v) is 6.11. The molecule has 0 amide bonds. The Morgan fingerprint density at radius 2 is 1.90 bits per heavy atom. The molecule has 0 spiro atoms. The second kappa shape index (κ2) is 5.75. The summed E-state index contributed by atoms with van der Waals surface area (Å²) >= 11 is 0. The van der Waals surface area contributed by atoms with Crippen LogP contribution in [-0.4, -0.2) is 19.5 Å². The molecule has 0 aliphatic rings. The molecule has 0 heterocycles. The molecule has 0 saturated carbocycles. The third-order valence-corrected chi connectivity index (χ3v) is 4.03. The number of nitrogens with two attached hydrogens (primary N) is 1. The van der Waals surface area contributed by atoms with Gasteiger partial charge in [-0.15, -0.1) is 0 Å². The number of benzene rings is 2. The van der Waals surface area contributed by atoms with E-state index in [0.717, 1.165) is 28.7 Å². The highest BCUT2D eigenvalue weighted by Crippen LogP contribution is 2.27. The summed E-state index contributed by atoms with van der Waals surface area (Å²) in [5.41, 5.74) is 9.30. The van der Waals surface area contributed by atoms with E-state index in [1.54, 1.807) is 6.07 Å². The lowest BCUT2D eigenvalue weighted by atomic mass is 9.98. The van der Waals surface area contributed by atoms with E-state index in [1.165, 1.54) is 12.1 Å². The van der Waals surface area contributed by atoms with Crippen molar-refractivity contribution in [3.05, 3.63) is 53.6 Å². The summed E-state index contributed by atoms with van der Waals surface area (Å²) in [6.45, 7) is 2.46. The Balaban J connectivity index is 2.54. The first-order valence-corrected chi connectivity index (χ1v) is 7.73. The molecule has 0 atom stereocenters. The zero-order valence-electron chi connectivity index (χ0n) is 11.2. The van der Waals surface area contributed by atoms with Crippen LogP contribution in [0.2, 0.25) is 0 Å². The summed E-state index contributed by atoms with van der Waals surface area (Å²) in [5.74, 6) is 0. The fourth-order valence-corrected chi connectivity index (χ4v) is 2.64. The van der Waals surface area contributed by atoms with Crippen molar-refractivity contribution in [2.75, 3.05) is 6.54 Å². The van der Waals surface area contributed by atoms with E-state index in [4.69, 9.17) is 10.3 Å². The van der Waals surface area contributed by atoms with E-state index in [0.29, 0.717) is 6.54 Å². The Bertz CT molecular complexity index is 724. The summed E-state index contributed by atoms with van der Waals surface area (Å²) in [4.78, 5) is -0.0951. The molecular weight excluding hydrogens is 274 g/mol.